The smallest absolute Gasteiger partial charge is 0.381 e. The van der Waals surface area contributed by atoms with E-state index in [-0.39, 0.29) is 37.2 Å². The Morgan fingerprint density at radius 1 is 1.14 bits per heavy atom. The van der Waals surface area contributed by atoms with Gasteiger partial charge in [-0.2, -0.15) is 17.6 Å². The summed E-state index contributed by atoms with van der Waals surface area (Å²) >= 11 is 0. The van der Waals surface area contributed by atoms with Gasteiger partial charge in [-0.15, -0.1) is 0 Å². The Bertz CT molecular complexity index is 1060. The number of benzene rings is 1. The lowest BCUT2D eigenvalue weighted by molar-refractivity contribution is -0.137. The number of ether oxygens (including phenoxy) is 2. The minimum atomic E-state index is -4.45. The number of halogens is 4. The van der Waals surface area contributed by atoms with Gasteiger partial charge in [0.2, 0.25) is 11.7 Å². The number of amides is 1. The fourth-order valence-corrected chi connectivity index (χ4v) is 4.58. The lowest BCUT2D eigenvalue weighted by Crippen LogP contribution is -2.49. The molecule has 2 fully saturated rings. The van der Waals surface area contributed by atoms with Gasteiger partial charge in [0, 0.05) is 39.4 Å². The van der Waals surface area contributed by atoms with E-state index in [9.17, 15) is 18.0 Å². The Kier molecular flexibility index (Phi) is 8.45. The molecule has 1 unspecified atom stereocenters. The summed E-state index contributed by atoms with van der Waals surface area (Å²) in [7, 11) is 0. The molecule has 1 aromatic carbocycles. The number of alkyl halides is 3. The van der Waals surface area contributed by atoms with Crippen LogP contribution >= 0.6 is 0 Å². The number of nitrogens with zero attached hydrogens (tertiary/aromatic N) is 3. The second kappa shape index (κ2) is 11.6. The Labute approximate surface area is 211 Å². The van der Waals surface area contributed by atoms with E-state index in [1.54, 1.807) is 4.90 Å². The van der Waals surface area contributed by atoms with Crippen LogP contribution in [0.1, 0.15) is 30.0 Å². The third kappa shape index (κ3) is 6.11. The van der Waals surface area contributed by atoms with Crippen LogP contribution in [-0.2, 0) is 20.4 Å². The Morgan fingerprint density at radius 2 is 1.86 bits per heavy atom. The second-order valence-electron chi connectivity index (χ2n) is 9.05. The molecule has 202 valence electrons. The van der Waals surface area contributed by atoms with Gasteiger partial charge in [0.25, 0.3) is 0 Å². The SMILES string of the molecule is NCCNC(=O)C1(CNc2ncnc(N3CCOCC3c3ccc(C(F)(F)F)cc3)c2F)CCOCC1. The molecule has 0 bridgehead atoms. The first kappa shape index (κ1) is 27.0. The lowest BCUT2D eigenvalue weighted by atomic mass is 9.79. The van der Waals surface area contributed by atoms with Crippen LogP contribution in [0.4, 0.5) is 29.2 Å². The Hall–Kier alpha value is -3.03. The van der Waals surface area contributed by atoms with Crippen LogP contribution in [0.3, 0.4) is 0 Å². The maximum Gasteiger partial charge on any atom is 0.416 e. The molecule has 0 radical (unpaired) electrons. The standard InChI is InChI=1S/C24H30F4N6O3/c25-19-20(31-14-23(5-10-36-11-6-23)22(35)30-8-7-29)32-15-33-21(19)34-9-12-37-13-18(34)16-1-3-17(4-2-16)24(26,27)28/h1-4,15,18H,5-14,29H2,(H,30,35)(H,31,32,33). The Balaban J connectivity index is 1.55. The number of anilines is 2. The molecule has 13 heteroatoms. The molecule has 2 aliphatic rings. The highest BCUT2D eigenvalue weighted by atomic mass is 19.4. The van der Waals surface area contributed by atoms with Crippen LogP contribution < -0.4 is 21.3 Å². The van der Waals surface area contributed by atoms with Gasteiger partial charge < -0.3 is 30.7 Å². The molecule has 1 atom stereocenters. The van der Waals surface area contributed by atoms with E-state index in [0.29, 0.717) is 51.3 Å². The number of nitrogens with one attached hydrogen (secondary N) is 2. The molecule has 4 rings (SSSR count). The van der Waals surface area contributed by atoms with Gasteiger partial charge in [0.15, 0.2) is 11.6 Å². The molecule has 1 aromatic heterocycles. The fraction of sp³-hybridized carbons (Fsp3) is 0.542. The van der Waals surface area contributed by atoms with Crippen LogP contribution in [0, 0.1) is 11.2 Å². The molecule has 0 spiro atoms. The largest absolute Gasteiger partial charge is 0.416 e. The van der Waals surface area contributed by atoms with Crippen molar-refractivity contribution < 1.29 is 31.8 Å². The molecule has 2 saturated heterocycles. The van der Waals surface area contributed by atoms with Crippen molar-refractivity contribution >= 4 is 17.5 Å². The van der Waals surface area contributed by atoms with Crippen molar-refractivity contribution in [1.82, 2.24) is 15.3 Å². The second-order valence-corrected chi connectivity index (χ2v) is 9.05. The number of rotatable bonds is 8. The van der Waals surface area contributed by atoms with Crippen LogP contribution in [0.5, 0.6) is 0 Å². The predicted molar refractivity (Wildman–Crippen MR) is 127 cm³/mol. The summed E-state index contributed by atoms with van der Waals surface area (Å²) in [5.74, 6) is -0.968. The third-order valence-electron chi connectivity index (χ3n) is 6.75. The van der Waals surface area contributed by atoms with Crippen molar-refractivity contribution in [3.8, 4) is 0 Å². The molecule has 0 saturated carbocycles. The summed E-state index contributed by atoms with van der Waals surface area (Å²) < 4.78 is 65.7. The summed E-state index contributed by atoms with van der Waals surface area (Å²) in [6.07, 6.45) is -2.33. The molecule has 1 amide bonds. The van der Waals surface area contributed by atoms with Gasteiger partial charge in [0.05, 0.1) is 30.2 Å². The molecule has 4 N–H and O–H groups in total. The van der Waals surface area contributed by atoms with Crippen molar-refractivity contribution in [3.05, 3.63) is 47.5 Å². The Morgan fingerprint density at radius 3 is 2.54 bits per heavy atom. The summed E-state index contributed by atoms with van der Waals surface area (Å²) in [6.45, 7) is 2.30. The van der Waals surface area contributed by atoms with E-state index in [4.69, 9.17) is 15.2 Å². The zero-order valence-corrected chi connectivity index (χ0v) is 20.2. The monoisotopic (exact) mass is 526 g/mol. The van der Waals surface area contributed by atoms with Crippen molar-refractivity contribution in [1.29, 1.82) is 0 Å². The number of carbonyl (C=O) groups excluding carboxylic acids is 1. The summed E-state index contributed by atoms with van der Waals surface area (Å²) in [5.41, 5.74) is 4.48. The average Bonchev–Trinajstić information content (AvgIpc) is 2.91. The van der Waals surface area contributed by atoms with Crippen molar-refractivity contribution in [3.63, 3.8) is 0 Å². The van der Waals surface area contributed by atoms with Gasteiger partial charge in [-0.1, -0.05) is 12.1 Å². The number of carbonyl (C=O) groups is 1. The quantitative estimate of drug-likeness (QED) is 0.450. The number of hydrogen-bond donors (Lipinski definition) is 3. The minimum absolute atomic E-state index is 0.000640. The van der Waals surface area contributed by atoms with Gasteiger partial charge in [-0.3, -0.25) is 4.79 Å². The van der Waals surface area contributed by atoms with Crippen molar-refractivity contribution in [2.45, 2.75) is 25.1 Å². The maximum absolute atomic E-state index is 15.7. The van der Waals surface area contributed by atoms with Gasteiger partial charge in [-0.05, 0) is 30.5 Å². The minimum Gasteiger partial charge on any atom is -0.381 e. The van der Waals surface area contributed by atoms with E-state index >= 15 is 4.39 Å². The first-order valence-corrected chi connectivity index (χ1v) is 12.1. The molecule has 0 aliphatic carbocycles. The van der Waals surface area contributed by atoms with E-state index in [2.05, 4.69) is 20.6 Å². The van der Waals surface area contributed by atoms with Crippen LogP contribution in [0.25, 0.3) is 0 Å². The van der Waals surface area contributed by atoms with Gasteiger partial charge in [-0.25, -0.2) is 9.97 Å². The van der Waals surface area contributed by atoms with Crippen LogP contribution in [0.15, 0.2) is 30.6 Å². The summed E-state index contributed by atoms with van der Waals surface area (Å²) in [5, 5.41) is 5.80. The van der Waals surface area contributed by atoms with Gasteiger partial charge >= 0.3 is 6.18 Å². The highest BCUT2D eigenvalue weighted by Crippen LogP contribution is 2.36. The van der Waals surface area contributed by atoms with E-state index in [1.165, 1.54) is 18.5 Å². The normalized spacial score (nSPS) is 19.9. The predicted octanol–water partition coefficient (Wildman–Crippen LogP) is 2.50. The highest BCUT2D eigenvalue weighted by Gasteiger charge is 2.40. The number of nitrogens with two attached hydrogens (primary N) is 1. The van der Waals surface area contributed by atoms with Crippen LogP contribution in [-0.4, -0.2) is 68.5 Å². The highest BCUT2D eigenvalue weighted by molar-refractivity contribution is 5.83. The third-order valence-corrected chi connectivity index (χ3v) is 6.75. The van der Waals surface area contributed by atoms with Crippen molar-refractivity contribution in [2.75, 3.05) is 62.8 Å². The number of morpholine rings is 1. The molecule has 9 nitrogen and oxygen atoms in total. The first-order valence-electron chi connectivity index (χ1n) is 12.1. The maximum atomic E-state index is 15.7. The van der Waals surface area contributed by atoms with Crippen LogP contribution in [0.2, 0.25) is 0 Å². The zero-order valence-electron chi connectivity index (χ0n) is 20.2. The molecule has 37 heavy (non-hydrogen) atoms. The van der Waals surface area contributed by atoms with E-state index in [1.807, 2.05) is 0 Å². The van der Waals surface area contributed by atoms with E-state index in [0.717, 1.165) is 12.1 Å². The molecule has 2 aliphatic heterocycles. The summed E-state index contributed by atoms with van der Waals surface area (Å²) in [4.78, 5) is 22.7. The molecular formula is C24H30F4N6O3. The lowest BCUT2D eigenvalue weighted by Gasteiger charge is -2.37. The molecule has 2 aromatic rings. The van der Waals surface area contributed by atoms with Crippen molar-refractivity contribution in [2.24, 2.45) is 11.1 Å². The molecule has 3 heterocycles. The average molecular weight is 527 g/mol. The zero-order chi connectivity index (χ0) is 26.5. The number of aromatic nitrogens is 2. The first-order chi connectivity index (χ1) is 17.7. The van der Waals surface area contributed by atoms with E-state index < -0.39 is 29.0 Å². The fourth-order valence-electron chi connectivity index (χ4n) is 4.58. The topological polar surface area (TPSA) is 115 Å². The molecular weight excluding hydrogens is 496 g/mol. The number of hydrogen-bond acceptors (Lipinski definition) is 8. The summed E-state index contributed by atoms with van der Waals surface area (Å²) in [6, 6.07) is 4.17. The van der Waals surface area contributed by atoms with Gasteiger partial charge in [0.1, 0.15) is 6.33 Å².